The summed E-state index contributed by atoms with van der Waals surface area (Å²) in [5.41, 5.74) is 0.619. The molecule has 0 radical (unpaired) electrons. The van der Waals surface area contributed by atoms with Crippen molar-refractivity contribution in [2.75, 3.05) is 0 Å². The zero-order valence-corrected chi connectivity index (χ0v) is 9.63. The lowest BCUT2D eigenvalue weighted by atomic mass is 10.2. The molecule has 1 aromatic heterocycles. The molecule has 0 fully saturated rings. The summed E-state index contributed by atoms with van der Waals surface area (Å²) < 4.78 is 5.41. The fourth-order valence-corrected chi connectivity index (χ4v) is 1.35. The zero-order valence-electron chi connectivity index (χ0n) is 9.63. The summed E-state index contributed by atoms with van der Waals surface area (Å²) in [6.07, 6.45) is 2.41. The molecule has 96 valence electrons. The lowest BCUT2D eigenvalue weighted by Gasteiger charge is -2.04. The van der Waals surface area contributed by atoms with Crippen LogP contribution >= 0.6 is 0 Å². The van der Waals surface area contributed by atoms with Crippen LogP contribution in [-0.2, 0) is 0 Å². The Bertz CT molecular complexity index is 593. The average Bonchev–Trinajstić information content (AvgIpc) is 2.42. The highest BCUT2D eigenvalue weighted by atomic mass is 16.6. The molecule has 0 amide bonds. The maximum Gasteiger partial charge on any atom is 0.287 e. The zero-order chi connectivity index (χ0) is 13.7. The Morgan fingerprint density at radius 3 is 2.53 bits per heavy atom. The Balaban J connectivity index is 2.10. The van der Waals surface area contributed by atoms with Gasteiger partial charge in [0.05, 0.1) is 11.1 Å². The lowest BCUT2D eigenvalue weighted by molar-refractivity contribution is -0.385. The summed E-state index contributed by atoms with van der Waals surface area (Å²) in [7, 11) is 0. The number of benzene rings is 1. The minimum Gasteiger partial charge on any atom is -0.439 e. The van der Waals surface area contributed by atoms with Gasteiger partial charge in [0.15, 0.2) is 0 Å². The molecule has 0 aliphatic heterocycles. The molecule has 0 aliphatic rings. The predicted molar refractivity (Wildman–Crippen MR) is 66.8 cm³/mol. The number of hydrogen-bond donors (Lipinski definition) is 1. The molecule has 1 N–H and O–H groups in total. The Morgan fingerprint density at radius 2 is 2.00 bits per heavy atom. The van der Waals surface area contributed by atoms with Gasteiger partial charge in [0.2, 0.25) is 5.88 Å². The summed E-state index contributed by atoms with van der Waals surface area (Å²) in [6, 6.07) is 9.46. The highest BCUT2D eigenvalue weighted by Crippen LogP contribution is 2.21. The van der Waals surface area contributed by atoms with Crippen LogP contribution in [0.4, 0.5) is 5.69 Å². The number of ether oxygens (including phenoxy) is 1. The predicted octanol–water partition coefficient (Wildman–Crippen LogP) is 2.59. The van der Waals surface area contributed by atoms with E-state index in [2.05, 4.69) is 10.1 Å². The summed E-state index contributed by atoms with van der Waals surface area (Å²) >= 11 is 0. The second-order valence-corrected chi connectivity index (χ2v) is 3.53. The third kappa shape index (κ3) is 3.25. The third-order valence-corrected chi connectivity index (χ3v) is 2.24. The van der Waals surface area contributed by atoms with E-state index in [0.29, 0.717) is 11.3 Å². The van der Waals surface area contributed by atoms with Crippen LogP contribution in [0.2, 0.25) is 0 Å². The molecule has 2 rings (SSSR count). The van der Waals surface area contributed by atoms with Crippen LogP contribution in [0.1, 0.15) is 5.56 Å². The second-order valence-electron chi connectivity index (χ2n) is 3.53. The highest BCUT2D eigenvalue weighted by molar-refractivity contribution is 5.79. The van der Waals surface area contributed by atoms with Gasteiger partial charge in [-0.15, -0.1) is 0 Å². The van der Waals surface area contributed by atoms with Crippen molar-refractivity contribution in [1.82, 2.24) is 4.98 Å². The van der Waals surface area contributed by atoms with Gasteiger partial charge in [-0.25, -0.2) is 4.98 Å². The largest absolute Gasteiger partial charge is 0.439 e. The first-order chi connectivity index (χ1) is 9.19. The molecule has 7 nitrogen and oxygen atoms in total. The number of nitrogens with zero attached hydrogens (tertiary/aromatic N) is 3. The molecule has 0 unspecified atom stereocenters. The quantitative estimate of drug-likeness (QED) is 0.394. The van der Waals surface area contributed by atoms with E-state index in [-0.39, 0.29) is 11.6 Å². The van der Waals surface area contributed by atoms with Crippen molar-refractivity contribution in [3.8, 4) is 11.6 Å². The van der Waals surface area contributed by atoms with Crippen LogP contribution in [-0.4, -0.2) is 21.3 Å². The monoisotopic (exact) mass is 259 g/mol. The standard InChI is InChI=1S/C12H9N3O4/c16-14-7-9-1-4-11(5-2-9)19-12-6-3-10(8-13-12)15(17)18/h1-8,16H. The minimum atomic E-state index is -0.528. The van der Waals surface area contributed by atoms with E-state index in [1.807, 2.05) is 0 Å². The van der Waals surface area contributed by atoms with Crippen LogP contribution in [0.25, 0.3) is 0 Å². The van der Waals surface area contributed by atoms with Gasteiger partial charge in [-0.05, 0) is 29.8 Å². The minimum absolute atomic E-state index is 0.0955. The molecule has 7 heteroatoms. The van der Waals surface area contributed by atoms with Crippen LogP contribution in [0.3, 0.4) is 0 Å². The third-order valence-electron chi connectivity index (χ3n) is 2.24. The summed E-state index contributed by atoms with van der Waals surface area (Å²) in [5, 5.41) is 21.7. The van der Waals surface area contributed by atoms with E-state index >= 15 is 0 Å². The van der Waals surface area contributed by atoms with E-state index in [1.54, 1.807) is 24.3 Å². The van der Waals surface area contributed by atoms with Crippen LogP contribution < -0.4 is 4.74 Å². The summed E-state index contributed by atoms with van der Waals surface area (Å²) in [4.78, 5) is 13.8. The SMILES string of the molecule is O=[N+]([O-])c1ccc(Oc2ccc(C=NO)cc2)nc1. The normalized spacial score (nSPS) is 10.5. The molecule has 2 aromatic rings. The molecule has 1 heterocycles. The van der Waals surface area contributed by atoms with Crippen molar-refractivity contribution < 1.29 is 14.9 Å². The number of nitro groups is 1. The molecule has 1 aromatic carbocycles. The molecular weight excluding hydrogens is 250 g/mol. The summed E-state index contributed by atoms with van der Waals surface area (Å²) in [6.45, 7) is 0. The van der Waals surface area contributed by atoms with Gasteiger partial charge in [0.1, 0.15) is 11.9 Å². The fourth-order valence-electron chi connectivity index (χ4n) is 1.35. The van der Waals surface area contributed by atoms with Gasteiger partial charge >= 0.3 is 0 Å². The first kappa shape index (κ1) is 12.5. The fraction of sp³-hybridized carbons (Fsp3) is 0. The highest BCUT2D eigenvalue weighted by Gasteiger charge is 2.06. The number of aromatic nitrogens is 1. The Morgan fingerprint density at radius 1 is 1.26 bits per heavy atom. The number of pyridine rings is 1. The van der Waals surface area contributed by atoms with Crippen molar-refractivity contribution in [3.05, 3.63) is 58.3 Å². The number of rotatable bonds is 4. The molecule has 0 atom stereocenters. The van der Waals surface area contributed by atoms with E-state index < -0.39 is 4.92 Å². The van der Waals surface area contributed by atoms with Gasteiger partial charge in [-0.2, -0.15) is 0 Å². The van der Waals surface area contributed by atoms with E-state index in [4.69, 9.17) is 9.94 Å². The molecule has 0 saturated carbocycles. The Kier molecular flexibility index (Phi) is 3.67. The Hall–Kier alpha value is -2.96. The molecule has 0 saturated heterocycles. The summed E-state index contributed by atoms with van der Waals surface area (Å²) in [5.74, 6) is 0.783. The van der Waals surface area contributed by atoms with Crippen molar-refractivity contribution in [3.63, 3.8) is 0 Å². The van der Waals surface area contributed by atoms with Crippen LogP contribution in [0.5, 0.6) is 11.6 Å². The smallest absolute Gasteiger partial charge is 0.287 e. The maximum atomic E-state index is 10.5. The Labute approximate surface area is 107 Å². The molecular formula is C12H9N3O4. The van der Waals surface area contributed by atoms with Crippen molar-refractivity contribution in [1.29, 1.82) is 0 Å². The van der Waals surface area contributed by atoms with Gasteiger partial charge in [0.25, 0.3) is 5.69 Å². The average molecular weight is 259 g/mol. The molecule has 19 heavy (non-hydrogen) atoms. The number of hydrogen-bond acceptors (Lipinski definition) is 6. The van der Waals surface area contributed by atoms with Gasteiger partial charge < -0.3 is 9.94 Å². The molecule has 0 bridgehead atoms. The maximum absolute atomic E-state index is 10.5. The van der Waals surface area contributed by atoms with E-state index in [9.17, 15) is 10.1 Å². The van der Waals surface area contributed by atoms with Gasteiger partial charge in [-0.3, -0.25) is 10.1 Å². The topological polar surface area (TPSA) is 97.9 Å². The van der Waals surface area contributed by atoms with Gasteiger partial charge in [0, 0.05) is 12.1 Å². The van der Waals surface area contributed by atoms with Crippen LogP contribution in [0.15, 0.2) is 47.8 Å². The first-order valence-corrected chi connectivity index (χ1v) is 5.25. The number of oxime groups is 1. The van der Waals surface area contributed by atoms with Crippen molar-refractivity contribution in [2.24, 2.45) is 5.16 Å². The first-order valence-electron chi connectivity index (χ1n) is 5.25. The lowest BCUT2D eigenvalue weighted by Crippen LogP contribution is -1.91. The van der Waals surface area contributed by atoms with Crippen molar-refractivity contribution in [2.45, 2.75) is 0 Å². The van der Waals surface area contributed by atoms with Gasteiger partial charge in [-0.1, -0.05) is 5.16 Å². The van der Waals surface area contributed by atoms with Crippen molar-refractivity contribution >= 4 is 11.9 Å². The van der Waals surface area contributed by atoms with E-state index in [0.717, 1.165) is 6.20 Å². The van der Waals surface area contributed by atoms with E-state index in [1.165, 1.54) is 18.3 Å². The molecule has 0 aliphatic carbocycles. The molecule has 0 spiro atoms. The second kappa shape index (κ2) is 5.58. The van der Waals surface area contributed by atoms with Crippen LogP contribution in [0, 0.1) is 10.1 Å².